The zero-order valence-corrected chi connectivity index (χ0v) is 18.6. The quantitative estimate of drug-likeness (QED) is 0.617. The number of hydrogen-bond donors (Lipinski definition) is 1. The number of carbonyl (C=O) groups is 2. The van der Waals surface area contributed by atoms with E-state index >= 15 is 0 Å². The number of H-pyrrole nitrogens is 1. The van der Waals surface area contributed by atoms with Gasteiger partial charge in [-0.1, -0.05) is 30.3 Å². The van der Waals surface area contributed by atoms with Crippen LogP contribution in [0.4, 0.5) is 0 Å². The van der Waals surface area contributed by atoms with Crippen LogP contribution in [0.1, 0.15) is 29.9 Å². The van der Waals surface area contributed by atoms with Gasteiger partial charge in [-0.15, -0.1) is 0 Å². The number of rotatable bonds is 7. The standard InChI is InChI=1S/C25H29N3O4/c1-3-31-22-11-7-9-19(24(22)32-4-2)17-23(29)27-12-14-28(15-13-27)25(30)21-16-18-8-5-6-10-20(18)26-21/h5-11,16,26H,3-4,12-15,17H2,1-2H3. The average molecular weight is 436 g/mol. The molecule has 0 bridgehead atoms. The van der Waals surface area contributed by atoms with Crippen LogP contribution in [0.2, 0.25) is 0 Å². The van der Waals surface area contributed by atoms with E-state index in [4.69, 9.17) is 9.47 Å². The lowest BCUT2D eigenvalue weighted by Crippen LogP contribution is -2.51. The van der Waals surface area contributed by atoms with Crippen molar-refractivity contribution in [2.75, 3.05) is 39.4 Å². The molecule has 1 fully saturated rings. The van der Waals surface area contributed by atoms with Crippen molar-refractivity contribution in [2.45, 2.75) is 20.3 Å². The number of ether oxygens (including phenoxy) is 2. The lowest BCUT2D eigenvalue weighted by Gasteiger charge is -2.34. The molecule has 7 nitrogen and oxygen atoms in total. The highest BCUT2D eigenvalue weighted by molar-refractivity contribution is 5.98. The van der Waals surface area contributed by atoms with Gasteiger partial charge in [-0.25, -0.2) is 0 Å². The Kier molecular flexibility index (Phi) is 6.63. The van der Waals surface area contributed by atoms with Gasteiger partial charge < -0.3 is 24.3 Å². The highest BCUT2D eigenvalue weighted by atomic mass is 16.5. The number of amides is 2. The lowest BCUT2D eigenvalue weighted by molar-refractivity contribution is -0.131. The van der Waals surface area contributed by atoms with Crippen LogP contribution in [0.25, 0.3) is 10.9 Å². The molecule has 3 aromatic rings. The maximum Gasteiger partial charge on any atom is 0.270 e. The number of hydrogen-bond acceptors (Lipinski definition) is 4. The Morgan fingerprint density at radius 3 is 2.34 bits per heavy atom. The highest BCUT2D eigenvalue weighted by Crippen LogP contribution is 2.32. The summed E-state index contributed by atoms with van der Waals surface area (Å²) < 4.78 is 11.4. The normalized spacial score (nSPS) is 13.9. The summed E-state index contributed by atoms with van der Waals surface area (Å²) in [5, 5.41) is 1.02. The second kappa shape index (κ2) is 9.77. The van der Waals surface area contributed by atoms with Crippen molar-refractivity contribution in [3.05, 3.63) is 59.8 Å². The summed E-state index contributed by atoms with van der Waals surface area (Å²) in [5.74, 6) is 1.29. The minimum Gasteiger partial charge on any atom is -0.490 e. The number of benzene rings is 2. The van der Waals surface area contributed by atoms with E-state index in [9.17, 15) is 9.59 Å². The van der Waals surface area contributed by atoms with E-state index in [-0.39, 0.29) is 18.2 Å². The molecule has 0 saturated carbocycles. The number of nitrogens with one attached hydrogen (secondary N) is 1. The van der Waals surface area contributed by atoms with E-state index in [1.165, 1.54) is 0 Å². The summed E-state index contributed by atoms with van der Waals surface area (Å²) >= 11 is 0. The maximum absolute atomic E-state index is 13.0. The third-order valence-corrected chi connectivity index (χ3v) is 5.67. The molecule has 1 aliphatic rings. The monoisotopic (exact) mass is 435 g/mol. The molecule has 2 heterocycles. The summed E-state index contributed by atoms with van der Waals surface area (Å²) in [7, 11) is 0. The fraction of sp³-hybridized carbons (Fsp3) is 0.360. The van der Waals surface area contributed by atoms with Crippen molar-refractivity contribution in [2.24, 2.45) is 0 Å². The van der Waals surface area contributed by atoms with Gasteiger partial charge >= 0.3 is 0 Å². The van der Waals surface area contributed by atoms with E-state index in [1.54, 1.807) is 4.90 Å². The van der Waals surface area contributed by atoms with Gasteiger partial charge in [-0.2, -0.15) is 0 Å². The Morgan fingerprint density at radius 1 is 0.906 bits per heavy atom. The topological polar surface area (TPSA) is 74.9 Å². The molecule has 0 unspecified atom stereocenters. The Morgan fingerprint density at radius 2 is 1.62 bits per heavy atom. The molecule has 2 aromatic carbocycles. The highest BCUT2D eigenvalue weighted by Gasteiger charge is 2.26. The molecule has 2 amide bonds. The van der Waals surface area contributed by atoms with Gasteiger partial charge in [0.25, 0.3) is 5.91 Å². The smallest absolute Gasteiger partial charge is 0.270 e. The van der Waals surface area contributed by atoms with Crippen molar-refractivity contribution in [1.29, 1.82) is 0 Å². The van der Waals surface area contributed by atoms with E-state index in [0.717, 1.165) is 16.5 Å². The molecular weight excluding hydrogens is 406 g/mol. The molecule has 1 aromatic heterocycles. The first kappa shape index (κ1) is 21.7. The summed E-state index contributed by atoms with van der Waals surface area (Å²) in [6.45, 7) is 6.92. The molecule has 4 rings (SSSR count). The van der Waals surface area contributed by atoms with Gasteiger partial charge in [0.15, 0.2) is 11.5 Å². The van der Waals surface area contributed by atoms with Crippen LogP contribution >= 0.6 is 0 Å². The van der Waals surface area contributed by atoms with Crippen LogP contribution in [0.15, 0.2) is 48.5 Å². The van der Waals surface area contributed by atoms with Gasteiger partial charge in [-0.05, 0) is 32.0 Å². The van der Waals surface area contributed by atoms with Gasteiger partial charge in [0, 0.05) is 42.6 Å². The molecule has 0 spiro atoms. The summed E-state index contributed by atoms with van der Waals surface area (Å²) in [5.41, 5.74) is 2.35. The first-order valence-corrected chi connectivity index (χ1v) is 11.1. The molecule has 1 aliphatic heterocycles. The molecule has 7 heteroatoms. The van der Waals surface area contributed by atoms with E-state index in [1.807, 2.05) is 67.3 Å². The van der Waals surface area contributed by atoms with Crippen molar-refractivity contribution in [1.82, 2.24) is 14.8 Å². The van der Waals surface area contributed by atoms with E-state index in [0.29, 0.717) is 56.6 Å². The SMILES string of the molecule is CCOc1cccc(CC(=O)N2CCN(C(=O)c3cc4ccccc4[nH]3)CC2)c1OCC. The number of aromatic nitrogens is 1. The number of piperazine rings is 1. The number of nitrogens with zero attached hydrogens (tertiary/aromatic N) is 2. The van der Waals surface area contributed by atoms with Gasteiger partial charge in [0.1, 0.15) is 5.69 Å². The minimum atomic E-state index is -0.0312. The molecule has 0 atom stereocenters. The fourth-order valence-electron chi connectivity index (χ4n) is 4.07. The zero-order chi connectivity index (χ0) is 22.5. The van der Waals surface area contributed by atoms with Crippen LogP contribution in [-0.2, 0) is 11.2 Å². The number of aromatic amines is 1. The van der Waals surface area contributed by atoms with E-state index < -0.39 is 0 Å². The van der Waals surface area contributed by atoms with Crippen molar-refractivity contribution < 1.29 is 19.1 Å². The van der Waals surface area contributed by atoms with Gasteiger partial charge in [0.2, 0.25) is 5.91 Å². The zero-order valence-electron chi connectivity index (χ0n) is 18.6. The second-order valence-electron chi connectivity index (χ2n) is 7.73. The number of carbonyl (C=O) groups excluding carboxylic acids is 2. The summed E-state index contributed by atoms with van der Waals surface area (Å²) in [4.78, 5) is 32.7. The third kappa shape index (κ3) is 4.56. The number of para-hydroxylation sites is 2. The first-order valence-electron chi connectivity index (χ1n) is 11.1. The molecule has 1 saturated heterocycles. The molecular formula is C25H29N3O4. The molecule has 0 aliphatic carbocycles. The fourth-order valence-corrected chi connectivity index (χ4v) is 4.07. The minimum absolute atomic E-state index is 0.0253. The van der Waals surface area contributed by atoms with Crippen LogP contribution in [0.5, 0.6) is 11.5 Å². The Hall–Kier alpha value is -3.48. The molecule has 1 N–H and O–H groups in total. The van der Waals surface area contributed by atoms with Gasteiger partial charge in [0.05, 0.1) is 19.6 Å². The molecule has 32 heavy (non-hydrogen) atoms. The van der Waals surface area contributed by atoms with Crippen molar-refractivity contribution in [3.63, 3.8) is 0 Å². The summed E-state index contributed by atoms with van der Waals surface area (Å²) in [6.07, 6.45) is 0.242. The Balaban J connectivity index is 1.38. The van der Waals surface area contributed by atoms with Gasteiger partial charge in [-0.3, -0.25) is 9.59 Å². The third-order valence-electron chi connectivity index (χ3n) is 5.67. The first-order chi connectivity index (χ1) is 15.6. The van der Waals surface area contributed by atoms with Crippen LogP contribution < -0.4 is 9.47 Å². The van der Waals surface area contributed by atoms with Crippen molar-refractivity contribution in [3.8, 4) is 11.5 Å². The largest absolute Gasteiger partial charge is 0.490 e. The van der Waals surface area contributed by atoms with Crippen LogP contribution in [0.3, 0.4) is 0 Å². The predicted octanol–water partition coefficient (Wildman–Crippen LogP) is 3.49. The maximum atomic E-state index is 13.0. The predicted molar refractivity (Wildman–Crippen MR) is 123 cm³/mol. The summed E-state index contributed by atoms with van der Waals surface area (Å²) in [6, 6.07) is 15.4. The van der Waals surface area contributed by atoms with Crippen LogP contribution in [-0.4, -0.2) is 66.0 Å². The Bertz CT molecular complexity index is 1070. The second-order valence-corrected chi connectivity index (χ2v) is 7.73. The van der Waals surface area contributed by atoms with Crippen LogP contribution in [0, 0.1) is 0 Å². The van der Waals surface area contributed by atoms with E-state index in [2.05, 4.69) is 4.98 Å². The number of fused-ring (bicyclic) bond motifs is 1. The molecule has 168 valence electrons. The lowest BCUT2D eigenvalue weighted by atomic mass is 10.1. The Labute approximate surface area is 187 Å². The average Bonchev–Trinajstić information content (AvgIpc) is 3.25. The van der Waals surface area contributed by atoms with Crippen molar-refractivity contribution >= 4 is 22.7 Å². The molecule has 0 radical (unpaired) electrons.